The molecule has 0 radical (unpaired) electrons. The van der Waals surface area contributed by atoms with Crippen LogP contribution in [0.4, 0.5) is 5.82 Å². The Balaban J connectivity index is 2.20. The quantitative estimate of drug-likeness (QED) is 0.756. The maximum atomic E-state index is 5.25. The second kappa shape index (κ2) is 4.44. The molecule has 1 fully saturated rings. The molecule has 5 nitrogen and oxygen atoms in total. The molecule has 0 amide bonds. The lowest BCUT2D eigenvalue weighted by molar-refractivity contribution is 0.405. The van der Waals surface area contributed by atoms with E-state index in [4.69, 9.17) is 4.74 Å². The Morgan fingerprint density at radius 2 is 2.47 bits per heavy atom. The van der Waals surface area contributed by atoms with E-state index < -0.39 is 0 Å². The number of methoxy groups -OCH3 is 1. The summed E-state index contributed by atoms with van der Waals surface area (Å²) in [6.45, 7) is 5.05. The number of hydrogen-bond donors (Lipinski definition) is 1. The first-order valence-electron chi connectivity index (χ1n) is 5.13. The first-order chi connectivity index (χ1) is 7.31. The van der Waals surface area contributed by atoms with Crippen molar-refractivity contribution in [2.24, 2.45) is 0 Å². The van der Waals surface area contributed by atoms with Crippen molar-refractivity contribution in [1.82, 2.24) is 15.3 Å². The summed E-state index contributed by atoms with van der Waals surface area (Å²) in [4.78, 5) is 10.4. The summed E-state index contributed by atoms with van der Waals surface area (Å²) in [6.07, 6.45) is 3.26. The fourth-order valence-corrected chi connectivity index (χ4v) is 1.82. The Morgan fingerprint density at radius 3 is 3.20 bits per heavy atom. The monoisotopic (exact) mass is 208 g/mol. The second-order valence-electron chi connectivity index (χ2n) is 3.72. The van der Waals surface area contributed by atoms with Gasteiger partial charge in [0.15, 0.2) is 11.6 Å². The van der Waals surface area contributed by atoms with Crippen LogP contribution < -0.4 is 15.0 Å². The first kappa shape index (κ1) is 10.2. The maximum Gasteiger partial charge on any atom is 0.179 e. The molecule has 0 aliphatic carbocycles. The van der Waals surface area contributed by atoms with Gasteiger partial charge in [0.2, 0.25) is 0 Å². The van der Waals surface area contributed by atoms with E-state index in [9.17, 15) is 0 Å². The number of anilines is 1. The van der Waals surface area contributed by atoms with E-state index in [1.807, 2.05) is 0 Å². The number of nitrogens with zero attached hydrogens (tertiary/aromatic N) is 3. The van der Waals surface area contributed by atoms with Crippen molar-refractivity contribution in [3.8, 4) is 5.75 Å². The van der Waals surface area contributed by atoms with Crippen molar-refractivity contribution in [2.45, 2.75) is 13.0 Å². The first-order valence-corrected chi connectivity index (χ1v) is 5.13. The lowest BCUT2D eigenvalue weighted by Crippen LogP contribution is -2.49. The molecule has 5 heteroatoms. The second-order valence-corrected chi connectivity index (χ2v) is 3.72. The summed E-state index contributed by atoms with van der Waals surface area (Å²) >= 11 is 0. The van der Waals surface area contributed by atoms with Gasteiger partial charge in [0, 0.05) is 25.7 Å². The molecule has 1 aromatic heterocycles. The Hall–Kier alpha value is -1.36. The summed E-state index contributed by atoms with van der Waals surface area (Å²) < 4.78 is 5.25. The standard InChI is InChI=1S/C10H16N4O/c1-8-6-14(4-3-12-8)10-9(15-2)5-11-7-13-10/h5,7-8,12H,3-4,6H2,1-2H3/t8-/m0/s1. The third-order valence-electron chi connectivity index (χ3n) is 2.55. The van der Waals surface area contributed by atoms with Crippen molar-refractivity contribution in [3.05, 3.63) is 12.5 Å². The predicted molar refractivity (Wildman–Crippen MR) is 58.3 cm³/mol. The van der Waals surface area contributed by atoms with E-state index in [1.165, 1.54) is 0 Å². The van der Waals surface area contributed by atoms with Crippen molar-refractivity contribution >= 4 is 5.82 Å². The van der Waals surface area contributed by atoms with Crippen LogP contribution in [-0.4, -0.2) is 42.8 Å². The lowest BCUT2D eigenvalue weighted by Gasteiger charge is -2.33. The van der Waals surface area contributed by atoms with Crippen LogP contribution in [0, 0.1) is 0 Å². The highest BCUT2D eigenvalue weighted by molar-refractivity contribution is 5.51. The topological polar surface area (TPSA) is 50.3 Å². The van der Waals surface area contributed by atoms with Crippen LogP contribution >= 0.6 is 0 Å². The van der Waals surface area contributed by atoms with Crippen LogP contribution in [0.1, 0.15) is 6.92 Å². The fraction of sp³-hybridized carbons (Fsp3) is 0.600. The zero-order valence-electron chi connectivity index (χ0n) is 9.10. The molecule has 1 atom stereocenters. The molecule has 1 aliphatic heterocycles. The number of aromatic nitrogens is 2. The number of ether oxygens (including phenoxy) is 1. The Bertz CT molecular complexity index is 331. The van der Waals surface area contributed by atoms with Gasteiger partial charge in [-0.15, -0.1) is 0 Å². The number of rotatable bonds is 2. The number of nitrogens with one attached hydrogen (secondary N) is 1. The fourth-order valence-electron chi connectivity index (χ4n) is 1.82. The summed E-state index contributed by atoms with van der Waals surface area (Å²) in [5, 5.41) is 3.39. The van der Waals surface area contributed by atoms with Gasteiger partial charge in [-0.1, -0.05) is 0 Å². The van der Waals surface area contributed by atoms with Gasteiger partial charge in [-0.25, -0.2) is 9.97 Å². The van der Waals surface area contributed by atoms with Crippen LogP contribution in [0.2, 0.25) is 0 Å². The highest BCUT2D eigenvalue weighted by Gasteiger charge is 2.19. The summed E-state index contributed by atoms with van der Waals surface area (Å²) in [5.41, 5.74) is 0. The van der Waals surface area contributed by atoms with E-state index in [1.54, 1.807) is 19.6 Å². The molecule has 1 N–H and O–H groups in total. The maximum absolute atomic E-state index is 5.25. The SMILES string of the molecule is COc1cncnc1N1CCN[C@@H](C)C1. The minimum Gasteiger partial charge on any atom is -0.491 e. The highest BCUT2D eigenvalue weighted by atomic mass is 16.5. The van der Waals surface area contributed by atoms with Crippen molar-refractivity contribution in [1.29, 1.82) is 0 Å². The molecule has 1 aromatic rings. The van der Waals surface area contributed by atoms with Crippen LogP contribution in [0.15, 0.2) is 12.5 Å². The molecule has 1 saturated heterocycles. The average Bonchev–Trinajstić information content (AvgIpc) is 2.29. The van der Waals surface area contributed by atoms with Gasteiger partial charge >= 0.3 is 0 Å². The van der Waals surface area contributed by atoms with Crippen molar-refractivity contribution in [2.75, 3.05) is 31.6 Å². The Morgan fingerprint density at radius 1 is 1.60 bits per heavy atom. The lowest BCUT2D eigenvalue weighted by atomic mass is 10.2. The number of hydrogen-bond acceptors (Lipinski definition) is 5. The molecule has 0 aromatic carbocycles. The largest absolute Gasteiger partial charge is 0.491 e. The molecule has 0 saturated carbocycles. The van der Waals surface area contributed by atoms with E-state index in [0.717, 1.165) is 31.2 Å². The van der Waals surface area contributed by atoms with Crippen LogP contribution in [-0.2, 0) is 0 Å². The van der Waals surface area contributed by atoms with Gasteiger partial charge in [-0.05, 0) is 6.92 Å². The normalized spacial score (nSPS) is 21.5. The predicted octanol–water partition coefficient (Wildman–Crippen LogP) is 0.283. The Kier molecular flexibility index (Phi) is 3.01. The van der Waals surface area contributed by atoms with Crippen LogP contribution in [0.25, 0.3) is 0 Å². The molecule has 2 rings (SSSR count). The third-order valence-corrected chi connectivity index (χ3v) is 2.55. The van der Waals surface area contributed by atoms with Gasteiger partial charge in [0.1, 0.15) is 6.33 Å². The van der Waals surface area contributed by atoms with Crippen molar-refractivity contribution in [3.63, 3.8) is 0 Å². The summed E-state index contributed by atoms with van der Waals surface area (Å²) in [7, 11) is 1.65. The van der Waals surface area contributed by atoms with Crippen LogP contribution in [0.3, 0.4) is 0 Å². The van der Waals surface area contributed by atoms with Gasteiger partial charge in [-0.2, -0.15) is 0 Å². The zero-order chi connectivity index (χ0) is 10.7. The molecule has 15 heavy (non-hydrogen) atoms. The molecule has 1 aliphatic rings. The van der Waals surface area contributed by atoms with Crippen molar-refractivity contribution < 1.29 is 4.74 Å². The summed E-state index contributed by atoms with van der Waals surface area (Å²) in [6, 6.07) is 0.485. The van der Waals surface area contributed by atoms with Gasteiger partial charge < -0.3 is 15.0 Å². The van der Waals surface area contributed by atoms with Gasteiger partial charge in [0.05, 0.1) is 13.3 Å². The molecule has 0 unspecified atom stereocenters. The smallest absolute Gasteiger partial charge is 0.179 e. The molecule has 2 heterocycles. The highest BCUT2D eigenvalue weighted by Crippen LogP contribution is 2.24. The molecular formula is C10H16N4O. The zero-order valence-corrected chi connectivity index (χ0v) is 9.10. The van der Waals surface area contributed by atoms with Gasteiger partial charge in [0.25, 0.3) is 0 Å². The molecule has 0 spiro atoms. The van der Waals surface area contributed by atoms with E-state index in [0.29, 0.717) is 6.04 Å². The molecule has 82 valence electrons. The minimum absolute atomic E-state index is 0.485. The third kappa shape index (κ3) is 2.18. The number of piperazine rings is 1. The minimum atomic E-state index is 0.485. The van der Waals surface area contributed by atoms with E-state index >= 15 is 0 Å². The van der Waals surface area contributed by atoms with E-state index in [2.05, 4.69) is 27.1 Å². The van der Waals surface area contributed by atoms with E-state index in [-0.39, 0.29) is 0 Å². The van der Waals surface area contributed by atoms with Crippen LogP contribution in [0.5, 0.6) is 5.75 Å². The Labute approximate surface area is 89.5 Å². The molecular weight excluding hydrogens is 192 g/mol. The summed E-state index contributed by atoms with van der Waals surface area (Å²) in [5.74, 6) is 1.63. The average molecular weight is 208 g/mol. The molecule has 0 bridgehead atoms. The van der Waals surface area contributed by atoms with Gasteiger partial charge in [-0.3, -0.25) is 0 Å².